The van der Waals surface area contributed by atoms with Gasteiger partial charge in [0.1, 0.15) is 0 Å². The minimum absolute atomic E-state index is 0.650. The molecule has 240 valence electrons. The van der Waals surface area contributed by atoms with E-state index in [1.165, 1.54) is 16.7 Å². The van der Waals surface area contributed by atoms with Crippen molar-refractivity contribution >= 4 is 0 Å². The molecule has 0 unspecified atom stereocenters. The van der Waals surface area contributed by atoms with Crippen LogP contribution in [0.3, 0.4) is 0 Å². The Hall–Kier alpha value is -7.20. The zero-order valence-electron chi connectivity index (χ0n) is 27.9. The molecule has 0 spiro atoms. The third-order valence-electron chi connectivity index (χ3n) is 8.95. The van der Waals surface area contributed by atoms with Crippen LogP contribution in [0.4, 0.5) is 0 Å². The van der Waals surface area contributed by atoms with Crippen molar-refractivity contribution in [3.8, 4) is 51.6 Å². The van der Waals surface area contributed by atoms with Gasteiger partial charge in [0.25, 0.3) is 0 Å². The van der Waals surface area contributed by atoms with Crippen LogP contribution in [0, 0.1) is 34.0 Å². The topological polar surface area (TPSA) is 83.0 Å². The minimum atomic E-state index is 0.650. The van der Waals surface area contributed by atoms with E-state index in [1.807, 2.05) is 73.6 Å². The van der Waals surface area contributed by atoms with Crippen molar-refractivity contribution in [2.45, 2.75) is 19.6 Å². The fourth-order valence-corrected chi connectivity index (χ4v) is 6.08. The van der Waals surface area contributed by atoms with Gasteiger partial charge in [-0.05, 0) is 51.6 Å². The summed E-state index contributed by atoms with van der Waals surface area (Å²) in [5, 5.41) is 27.4. The van der Waals surface area contributed by atoms with Crippen molar-refractivity contribution in [3.63, 3.8) is 0 Å². The molecule has 0 bridgehead atoms. The molecule has 0 saturated heterocycles. The third-order valence-corrected chi connectivity index (χ3v) is 8.95. The van der Waals surface area contributed by atoms with E-state index >= 15 is 0 Å². The number of benzene rings is 4. The molecular weight excluding hydrogens is 625 g/mol. The molecule has 7 aromatic rings. The van der Waals surface area contributed by atoms with Crippen LogP contribution in [0.1, 0.15) is 33.4 Å². The first-order valence-corrected chi connectivity index (χ1v) is 16.7. The molecule has 0 N–H and O–H groups in total. The molecule has 3 aromatic heterocycles. The first-order valence-electron chi connectivity index (χ1n) is 16.7. The van der Waals surface area contributed by atoms with Crippen molar-refractivity contribution in [3.05, 3.63) is 198 Å². The zero-order valence-corrected chi connectivity index (χ0v) is 27.9. The summed E-state index contributed by atoms with van der Waals surface area (Å²) in [5.74, 6) is 0. The number of aromatic nitrogens is 3. The zero-order chi connectivity index (χ0) is 35.0. The van der Waals surface area contributed by atoms with Gasteiger partial charge in [0, 0.05) is 53.1 Å². The molecule has 7 rings (SSSR count). The van der Waals surface area contributed by atoms with Crippen LogP contribution < -0.4 is 13.7 Å². The summed E-state index contributed by atoms with van der Waals surface area (Å²) in [7, 11) is 0. The number of nitriles is 3. The lowest BCUT2D eigenvalue weighted by Crippen LogP contribution is -2.33. The molecule has 0 aliphatic heterocycles. The second-order valence-electron chi connectivity index (χ2n) is 12.5. The molecule has 6 heteroatoms. The second kappa shape index (κ2) is 14.9. The predicted octanol–water partition coefficient (Wildman–Crippen LogP) is 7.31. The number of pyridine rings is 3. The van der Waals surface area contributed by atoms with Gasteiger partial charge in [-0.15, -0.1) is 0 Å². The van der Waals surface area contributed by atoms with Gasteiger partial charge in [-0.1, -0.05) is 72.8 Å². The van der Waals surface area contributed by atoms with Crippen LogP contribution in [0.25, 0.3) is 33.4 Å². The summed E-state index contributed by atoms with van der Waals surface area (Å²) < 4.78 is 6.21. The van der Waals surface area contributed by atoms with Crippen molar-refractivity contribution in [1.82, 2.24) is 0 Å². The molecule has 0 saturated carbocycles. The summed E-state index contributed by atoms with van der Waals surface area (Å²) in [4.78, 5) is 0. The molecule has 0 atom stereocenters. The molecule has 0 amide bonds. The summed E-state index contributed by atoms with van der Waals surface area (Å²) in [6, 6.07) is 50.4. The van der Waals surface area contributed by atoms with E-state index in [2.05, 4.69) is 123 Å². The lowest BCUT2D eigenvalue weighted by atomic mass is 9.92. The van der Waals surface area contributed by atoms with E-state index < -0.39 is 0 Å². The largest absolute Gasteiger partial charge is 0.201 e. The van der Waals surface area contributed by atoms with Gasteiger partial charge in [-0.2, -0.15) is 15.8 Å². The normalized spacial score (nSPS) is 10.5. The summed E-state index contributed by atoms with van der Waals surface area (Å²) in [6.45, 7) is 2.16. The maximum atomic E-state index is 9.13. The van der Waals surface area contributed by atoms with Crippen LogP contribution >= 0.6 is 0 Å². The summed E-state index contributed by atoms with van der Waals surface area (Å²) >= 11 is 0. The Labute approximate surface area is 297 Å². The Balaban J connectivity index is 1.18. The Morgan fingerprint density at radius 3 is 0.765 bits per heavy atom. The molecule has 0 fully saturated rings. The van der Waals surface area contributed by atoms with Crippen LogP contribution in [0.15, 0.2) is 165 Å². The molecular formula is C45H33N6+3. The van der Waals surface area contributed by atoms with Crippen molar-refractivity contribution in [2.24, 2.45) is 0 Å². The van der Waals surface area contributed by atoms with Crippen molar-refractivity contribution in [1.29, 1.82) is 15.8 Å². The fraction of sp³-hybridized carbons (Fsp3) is 0.0667. The average molecular weight is 658 g/mol. The van der Waals surface area contributed by atoms with E-state index in [0.29, 0.717) is 16.7 Å². The number of hydrogen-bond acceptors (Lipinski definition) is 3. The van der Waals surface area contributed by atoms with E-state index in [0.717, 1.165) is 53.0 Å². The first-order chi connectivity index (χ1) is 25.0. The molecule has 51 heavy (non-hydrogen) atoms. The maximum Gasteiger partial charge on any atom is 0.173 e. The Kier molecular flexibility index (Phi) is 9.46. The van der Waals surface area contributed by atoms with Gasteiger partial charge in [0.05, 0.1) is 34.9 Å². The first kappa shape index (κ1) is 32.4. The molecule has 0 aliphatic carbocycles. The second-order valence-corrected chi connectivity index (χ2v) is 12.5. The minimum Gasteiger partial charge on any atom is -0.201 e. The highest BCUT2D eigenvalue weighted by molar-refractivity contribution is 5.81. The lowest BCUT2D eigenvalue weighted by Gasteiger charge is -2.12. The Morgan fingerprint density at radius 1 is 0.314 bits per heavy atom. The SMILES string of the molecule is N#Cc1cc[n+](Cc2ccc(-c3cc(-c4ccc(C[n+]5ccc(C#N)cc5)cc4)cc(-c4ccc(C[n+]5ccc(C#N)cc5)cc4)c3)cc2)cc1. The number of hydrogen-bond donors (Lipinski definition) is 0. The van der Waals surface area contributed by atoms with E-state index in [-0.39, 0.29) is 0 Å². The van der Waals surface area contributed by atoms with Crippen LogP contribution in [0.5, 0.6) is 0 Å². The van der Waals surface area contributed by atoms with Gasteiger partial charge in [-0.3, -0.25) is 0 Å². The van der Waals surface area contributed by atoms with E-state index in [9.17, 15) is 0 Å². The van der Waals surface area contributed by atoms with E-state index in [1.54, 1.807) is 0 Å². The molecule has 0 radical (unpaired) electrons. The van der Waals surface area contributed by atoms with Gasteiger partial charge >= 0.3 is 0 Å². The van der Waals surface area contributed by atoms with Gasteiger partial charge in [0.2, 0.25) is 0 Å². The highest BCUT2D eigenvalue weighted by atomic mass is 14.9. The molecule has 4 aromatic carbocycles. The van der Waals surface area contributed by atoms with Crippen molar-refractivity contribution in [2.75, 3.05) is 0 Å². The fourth-order valence-electron chi connectivity index (χ4n) is 6.08. The average Bonchev–Trinajstić information content (AvgIpc) is 3.19. The van der Waals surface area contributed by atoms with Gasteiger partial charge in [-0.25, -0.2) is 13.7 Å². The maximum absolute atomic E-state index is 9.13. The van der Waals surface area contributed by atoms with E-state index in [4.69, 9.17) is 15.8 Å². The Bertz CT molecular complexity index is 2120. The molecule has 3 heterocycles. The summed E-state index contributed by atoms with van der Waals surface area (Å²) in [6.07, 6.45) is 11.6. The van der Waals surface area contributed by atoms with Gasteiger partial charge in [0.15, 0.2) is 56.8 Å². The highest BCUT2D eigenvalue weighted by Gasteiger charge is 2.11. The summed E-state index contributed by atoms with van der Waals surface area (Å²) in [5.41, 5.74) is 12.3. The monoisotopic (exact) mass is 657 g/mol. The number of nitrogens with zero attached hydrogens (tertiary/aromatic N) is 6. The van der Waals surface area contributed by atoms with Crippen LogP contribution in [-0.2, 0) is 19.6 Å². The Morgan fingerprint density at radius 2 is 0.549 bits per heavy atom. The third kappa shape index (κ3) is 7.93. The highest BCUT2D eigenvalue weighted by Crippen LogP contribution is 2.33. The molecule has 6 nitrogen and oxygen atoms in total. The standard InChI is InChI=1S/C45H33N6/c46-28-34-13-19-49(20-14-34)31-37-1-7-40(8-2-37)43-25-44(41-9-3-38(4-10-41)32-50-21-15-35(29-47)16-22-50)27-45(26-43)42-11-5-39(6-12-42)33-51-23-17-36(30-48)18-24-51/h1-27H,31-33H2/q+3. The molecule has 0 aliphatic rings. The quantitative estimate of drug-likeness (QED) is 0.153. The van der Waals surface area contributed by atoms with Crippen molar-refractivity contribution < 1.29 is 13.7 Å². The smallest absolute Gasteiger partial charge is 0.173 e. The van der Waals surface area contributed by atoms with Crippen LogP contribution in [-0.4, -0.2) is 0 Å². The van der Waals surface area contributed by atoms with Gasteiger partial charge < -0.3 is 0 Å². The number of rotatable bonds is 9. The predicted molar refractivity (Wildman–Crippen MR) is 194 cm³/mol. The lowest BCUT2D eigenvalue weighted by molar-refractivity contribution is -0.688. The van der Waals surface area contributed by atoms with Crippen LogP contribution in [0.2, 0.25) is 0 Å².